The van der Waals surface area contributed by atoms with Gasteiger partial charge in [-0.15, -0.1) is 11.8 Å². The van der Waals surface area contributed by atoms with Crippen molar-refractivity contribution in [1.82, 2.24) is 20.9 Å². The Bertz CT molecular complexity index is 1770. The summed E-state index contributed by atoms with van der Waals surface area (Å²) in [4.78, 5) is 115. The van der Waals surface area contributed by atoms with Gasteiger partial charge in [0, 0.05) is 77.5 Å². The van der Waals surface area contributed by atoms with Crippen LogP contribution in [0.1, 0.15) is 117 Å². The zero-order chi connectivity index (χ0) is 48.6. The van der Waals surface area contributed by atoms with E-state index in [0.717, 1.165) is 5.56 Å². The molecule has 0 bridgehead atoms. The molecule has 1 aliphatic heterocycles. The largest absolute Gasteiger partial charge is 0.461 e. The monoisotopic (exact) mass is 947 g/mol. The van der Waals surface area contributed by atoms with E-state index in [2.05, 4.69) is 21.3 Å². The van der Waals surface area contributed by atoms with E-state index in [1.165, 1.54) is 16.7 Å². The molecule has 2 unspecified atom stereocenters. The highest BCUT2D eigenvalue weighted by Crippen LogP contribution is 2.28. The summed E-state index contributed by atoms with van der Waals surface area (Å²) in [5, 5.41) is 10.6. The number of carbonyl (C=O) groups is 9. The van der Waals surface area contributed by atoms with E-state index in [1.807, 2.05) is 13.8 Å². The Hall–Kier alpha value is -4.82. The zero-order valence-corrected chi connectivity index (χ0v) is 41.9. The molecule has 18 nitrogen and oxygen atoms in total. The fourth-order valence-electron chi connectivity index (χ4n) is 7.52. The third kappa shape index (κ3) is 20.9. The zero-order valence-electron chi connectivity index (χ0n) is 39.1. The molecule has 0 saturated carbocycles. The van der Waals surface area contributed by atoms with E-state index >= 15 is 0 Å². The van der Waals surface area contributed by atoms with E-state index in [1.54, 1.807) is 45.0 Å². The molecule has 364 valence electrons. The summed E-state index contributed by atoms with van der Waals surface area (Å²) in [5.74, 6) is -3.92. The normalized spacial score (nSPS) is 16.1. The molecule has 0 aliphatic carbocycles. The maximum absolute atomic E-state index is 13.7. The minimum atomic E-state index is -0.799. The maximum Gasteiger partial charge on any atom is 0.312 e. The minimum absolute atomic E-state index is 0.0400. The molecule has 10 N–H and O–H groups in total. The number of ketones is 1. The number of imide groups is 1. The van der Waals surface area contributed by atoms with Crippen molar-refractivity contribution in [3.05, 3.63) is 29.8 Å². The lowest BCUT2D eigenvalue weighted by Gasteiger charge is -2.28. The molecule has 2 rings (SSSR count). The standard InChI is InChI=1S/C45H74N8O10SSi/c1-27(2)38(34(54)20-17-31(12-11-22-49-45(48)62)41(59)50-32-18-15-30(16-19-32)25-63-44(61)28(3)4)42(65)52-36(55)14-7-6-10-23-53-37(56)24-35(43(53)60)64-26-29(5)40(58)51-33(39(47)57)13-8-9-21-46/h15-16,18-19,27-29,31,33,35,38,42H,6-14,17,20-26,46H2,1-5,65H3,(H2,47,57)(H,50,59)(H,51,58)(H,52,55)(H3,48,49,62)/t29-,31+,33-,35?,38-,42?/m0/s1. The smallest absolute Gasteiger partial charge is 0.312 e. The number of likely N-dealkylation sites (tertiary alicyclic amines) is 1. The van der Waals surface area contributed by atoms with Crippen molar-refractivity contribution in [3.8, 4) is 0 Å². The Morgan fingerprint density at radius 1 is 0.846 bits per heavy atom. The minimum Gasteiger partial charge on any atom is -0.461 e. The second-order valence-electron chi connectivity index (χ2n) is 17.6. The highest BCUT2D eigenvalue weighted by molar-refractivity contribution is 8.00. The predicted molar refractivity (Wildman–Crippen MR) is 254 cm³/mol. The number of esters is 1. The molecule has 1 aromatic carbocycles. The lowest BCUT2D eigenvalue weighted by atomic mass is 9.86. The van der Waals surface area contributed by atoms with Crippen LogP contribution in [0.5, 0.6) is 0 Å². The molecule has 65 heavy (non-hydrogen) atoms. The van der Waals surface area contributed by atoms with Crippen LogP contribution in [0.4, 0.5) is 10.5 Å². The molecule has 1 fully saturated rings. The number of nitrogens with zero attached hydrogens (tertiary/aromatic N) is 1. The first-order valence-electron chi connectivity index (χ1n) is 22.9. The summed E-state index contributed by atoms with van der Waals surface area (Å²) >= 11 is 1.24. The third-order valence-corrected chi connectivity index (χ3v) is 13.8. The number of anilines is 1. The number of benzene rings is 1. The van der Waals surface area contributed by atoms with Gasteiger partial charge in [0.25, 0.3) is 0 Å². The maximum atomic E-state index is 13.7. The number of hydrogen-bond donors (Lipinski definition) is 7. The summed E-state index contributed by atoms with van der Waals surface area (Å²) in [6.07, 6.45) is 4.89. The first kappa shape index (κ1) is 56.3. The number of thioether (sulfide) groups is 1. The van der Waals surface area contributed by atoms with Crippen molar-refractivity contribution < 1.29 is 47.9 Å². The summed E-state index contributed by atoms with van der Waals surface area (Å²) < 4.78 is 5.28. The predicted octanol–water partition coefficient (Wildman–Crippen LogP) is 1.97. The fourth-order valence-corrected chi connectivity index (χ4v) is 10.2. The summed E-state index contributed by atoms with van der Waals surface area (Å²) in [6.45, 7) is 10.1. The average Bonchev–Trinajstić information content (AvgIpc) is 3.51. The number of Topliss-reactive ketones (excluding diaryl/α,β-unsaturated/α-hetero) is 1. The molecule has 0 radical (unpaired) electrons. The number of nitrogens with one attached hydrogen (secondary N) is 4. The highest BCUT2D eigenvalue weighted by Gasteiger charge is 2.39. The Kier molecular flexibility index (Phi) is 25.7. The third-order valence-electron chi connectivity index (χ3n) is 11.3. The number of hydrogen-bond acceptors (Lipinski definition) is 12. The van der Waals surface area contributed by atoms with Crippen LogP contribution in [0.2, 0.25) is 0 Å². The number of rotatable bonds is 32. The van der Waals surface area contributed by atoms with Crippen molar-refractivity contribution in [3.63, 3.8) is 0 Å². The summed E-state index contributed by atoms with van der Waals surface area (Å²) in [6, 6.07) is 5.48. The first-order chi connectivity index (χ1) is 30.7. The Morgan fingerprint density at radius 3 is 2.15 bits per heavy atom. The van der Waals surface area contributed by atoms with Gasteiger partial charge < -0.3 is 43.2 Å². The number of amides is 8. The van der Waals surface area contributed by atoms with Crippen LogP contribution in [0, 0.1) is 29.6 Å². The van der Waals surface area contributed by atoms with Gasteiger partial charge in [-0.3, -0.25) is 43.3 Å². The molecular formula is C45H74N8O10SSi. The van der Waals surface area contributed by atoms with Gasteiger partial charge in [0.05, 0.1) is 11.2 Å². The lowest BCUT2D eigenvalue weighted by Crippen LogP contribution is -2.46. The van der Waals surface area contributed by atoms with Crippen molar-refractivity contribution in [2.75, 3.05) is 30.7 Å². The van der Waals surface area contributed by atoms with E-state index in [4.69, 9.17) is 21.9 Å². The number of carbonyl (C=O) groups excluding carboxylic acids is 9. The average molecular weight is 947 g/mol. The molecular weight excluding hydrogens is 873 g/mol. The topological polar surface area (TPSA) is 292 Å². The van der Waals surface area contributed by atoms with E-state index in [-0.39, 0.29) is 110 Å². The van der Waals surface area contributed by atoms with Crippen molar-refractivity contribution in [2.24, 2.45) is 46.8 Å². The number of ether oxygens (including phenoxy) is 1. The van der Waals surface area contributed by atoms with Gasteiger partial charge in [-0.25, -0.2) is 4.79 Å². The molecule has 8 amide bonds. The number of unbranched alkanes of at least 4 members (excludes halogenated alkanes) is 3. The van der Waals surface area contributed by atoms with Crippen LogP contribution in [0.3, 0.4) is 0 Å². The Balaban J connectivity index is 1.85. The summed E-state index contributed by atoms with van der Waals surface area (Å²) in [5.41, 5.74) is 17.1. The van der Waals surface area contributed by atoms with Gasteiger partial charge >= 0.3 is 12.0 Å². The second kappa shape index (κ2) is 29.7. The molecule has 20 heteroatoms. The van der Waals surface area contributed by atoms with Crippen LogP contribution in [0.25, 0.3) is 0 Å². The quantitative estimate of drug-likeness (QED) is 0.0236. The van der Waals surface area contributed by atoms with Crippen LogP contribution in [-0.4, -0.2) is 111 Å². The van der Waals surface area contributed by atoms with Gasteiger partial charge in [-0.05, 0) is 81.5 Å². The molecule has 1 aliphatic rings. The van der Waals surface area contributed by atoms with Crippen LogP contribution >= 0.6 is 11.8 Å². The van der Waals surface area contributed by atoms with Gasteiger partial charge in [-0.1, -0.05) is 53.2 Å². The number of nitrogens with two attached hydrogens (primary N) is 3. The van der Waals surface area contributed by atoms with Crippen LogP contribution in [0.15, 0.2) is 24.3 Å². The van der Waals surface area contributed by atoms with E-state index in [9.17, 15) is 43.2 Å². The molecule has 1 heterocycles. The summed E-state index contributed by atoms with van der Waals surface area (Å²) in [7, 11) is 0.511. The Morgan fingerprint density at radius 2 is 1.54 bits per heavy atom. The molecule has 0 spiro atoms. The van der Waals surface area contributed by atoms with Crippen molar-refractivity contribution in [2.45, 2.75) is 135 Å². The highest BCUT2D eigenvalue weighted by atomic mass is 32.2. The van der Waals surface area contributed by atoms with E-state index in [0.29, 0.717) is 73.8 Å². The second-order valence-corrected chi connectivity index (χ2v) is 20.1. The van der Waals surface area contributed by atoms with E-state index < -0.39 is 41.0 Å². The van der Waals surface area contributed by atoms with Crippen molar-refractivity contribution in [1.29, 1.82) is 0 Å². The fraction of sp³-hybridized carbons (Fsp3) is 0.667. The molecule has 6 atom stereocenters. The first-order valence-corrected chi connectivity index (χ1v) is 25.1. The number of primary amides is 2. The molecule has 1 aromatic rings. The Labute approximate surface area is 390 Å². The van der Waals surface area contributed by atoms with Gasteiger partial charge in [0.1, 0.15) is 18.4 Å². The van der Waals surface area contributed by atoms with Gasteiger partial charge in [0.15, 0.2) is 0 Å². The van der Waals surface area contributed by atoms with Gasteiger partial charge in [-0.2, -0.15) is 0 Å². The lowest BCUT2D eigenvalue weighted by molar-refractivity contribution is -0.148. The molecule has 0 aromatic heterocycles. The molecule has 1 saturated heterocycles. The van der Waals surface area contributed by atoms with Crippen LogP contribution < -0.4 is 38.5 Å². The van der Waals surface area contributed by atoms with Crippen LogP contribution in [-0.2, 0) is 49.7 Å². The number of urea groups is 1. The van der Waals surface area contributed by atoms with Gasteiger partial charge in [0.2, 0.25) is 35.4 Å². The SMILES string of the molecule is CC(C)C(=O)OCc1ccc(NC(=O)[C@H](CCCNC(N)=O)CCC(=O)[C@H](C(C)C)C([SiH3])NC(=O)CCCCCN2C(=O)CC(SC[C@H](C)C(=O)N[C@@H](CCCCN)C(N)=O)C2=O)cc1. The van der Waals surface area contributed by atoms with Crippen molar-refractivity contribution >= 4 is 80.9 Å².